The second kappa shape index (κ2) is 7.51. The molecule has 0 aliphatic carbocycles. The van der Waals surface area contributed by atoms with E-state index < -0.39 is 11.7 Å². The highest BCUT2D eigenvalue weighted by Crippen LogP contribution is 2.15. The van der Waals surface area contributed by atoms with E-state index in [1.165, 1.54) is 27.4 Å². The zero-order valence-corrected chi connectivity index (χ0v) is 15.0. The molecule has 7 nitrogen and oxygen atoms in total. The maximum absolute atomic E-state index is 12.7. The Morgan fingerprint density at radius 2 is 1.92 bits per heavy atom. The Morgan fingerprint density at radius 1 is 1.19 bits per heavy atom. The zero-order valence-electron chi connectivity index (χ0n) is 15.0. The first kappa shape index (κ1) is 17.8. The van der Waals surface area contributed by atoms with Gasteiger partial charge in [0, 0.05) is 32.0 Å². The molecule has 1 saturated heterocycles. The first-order valence-electron chi connectivity index (χ1n) is 8.61. The average molecular weight is 354 g/mol. The van der Waals surface area contributed by atoms with Gasteiger partial charge in [-0.1, -0.05) is 29.8 Å². The lowest BCUT2D eigenvalue weighted by atomic mass is 10.1. The third-order valence-corrected chi connectivity index (χ3v) is 4.65. The molecule has 2 amide bonds. The Hall–Kier alpha value is -2.96. The van der Waals surface area contributed by atoms with Crippen molar-refractivity contribution in [2.45, 2.75) is 33.0 Å². The van der Waals surface area contributed by atoms with E-state index in [9.17, 15) is 14.4 Å². The minimum absolute atomic E-state index is 0.0799. The fourth-order valence-corrected chi connectivity index (χ4v) is 3.09. The van der Waals surface area contributed by atoms with Crippen LogP contribution in [0.15, 0.2) is 47.5 Å². The highest BCUT2D eigenvalue weighted by molar-refractivity contribution is 5.88. The quantitative estimate of drug-likeness (QED) is 0.814. The van der Waals surface area contributed by atoms with Crippen LogP contribution in [0.2, 0.25) is 0 Å². The van der Waals surface area contributed by atoms with Crippen LogP contribution in [0.1, 0.15) is 18.1 Å². The van der Waals surface area contributed by atoms with E-state index >= 15 is 0 Å². The first-order valence-corrected chi connectivity index (χ1v) is 8.61. The van der Waals surface area contributed by atoms with Gasteiger partial charge in [-0.2, -0.15) is 0 Å². The number of aryl methyl sites for hydroxylation is 1. The lowest BCUT2D eigenvalue weighted by molar-refractivity contribution is -0.151. The smallest absolute Gasteiger partial charge is 0.335 e. The average Bonchev–Trinajstić information content (AvgIpc) is 2.63. The van der Waals surface area contributed by atoms with Gasteiger partial charge in [0.15, 0.2) is 0 Å². The molecule has 26 heavy (non-hydrogen) atoms. The lowest BCUT2D eigenvalue weighted by Crippen LogP contribution is -2.58. The van der Waals surface area contributed by atoms with Crippen molar-refractivity contribution in [3.8, 4) is 0 Å². The third-order valence-electron chi connectivity index (χ3n) is 4.65. The standard InChI is InChI=1S/C19H22N4O3/c1-14-4-6-16(7-5-14)12-21-10-11-23(15(2)18(21)25)17(24)13-22-9-3-8-20-19(22)26/h3-9,15H,10-13H2,1-2H3/t15-/m0/s1. The van der Waals surface area contributed by atoms with Crippen LogP contribution < -0.4 is 5.69 Å². The Kier molecular flexibility index (Phi) is 5.16. The molecule has 0 spiro atoms. The Morgan fingerprint density at radius 3 is 2.62 bits per heavy atom. The second-order valence-electron chi connectivity index (χ2n) is 6.54. The monoisotopic (exact) mass is 354 g/mol. The molecule has 0 radical (unpaired) electrons. The molecular formula is C19H22N4O3. The highest BCUT2D eigenvalue weighted by Gasteiger charge is 2.34. The fraction of sp³-hybridized carbons (Fsp3) is 0.368. The summed E-state index contributed by atoms with van der Waals surface area (Å²) in [5.41, 5.74) is 1.77. The second-order valence-corrected chi connectivity index (χ2v) is 6.54. The molecule has 1 aliphatic rings. The molecule has 1 aliphatic heterocycles. The number of hydrogen-bond donors (Lipinski definition) is 0. The maximum atomic E-state index is 12.7. The molecule has 1 aromatic heterocycles. The molecule has 2 heterocycles. The van der Waals surface area contributed by atoms with Crippen LogP contribution >= 0.6 is 0 Å². The largest absolute Gasteiger partial charge is 0.347 e. The van der Waals surface area contributed by atoms with E-state index in [4.69, 9.17) is 0 Å². The number of aromatic nitrogens is 2. The van der Waals surface area contributed by atoms with Crippen molar-refractivity contribution in [1.29, 1.82) is 0 Å². The minimum atomic E-state index is -0.547. The topological polar surface area (TPSA) is 75.5 Å². The van der Waals surface area contributed by atoms with Gasteiger partial charge in [-0.25, -0.2) is 9.78 Å². The van der Waals surface area contributed by atoms with Gasteiger partial charge in [0.25, 0.3) is 0 Å². The fourth-order valence-electron chi connectivity index (χ4n) is 3.09. The Bertz CT molecular complexity index is 860. The molecule has 0 saturated carbocycles. The van der Waals surface area contributed by atoms with Crippen molar-refractivity contribution >= 4 is 11.8 Å². The Labute approximate surface area is 151 Å². The molecule has 1 aromatic carbocycles. The Balaban J connectivity index is 1.65. The molecule has 0 bridgehead atoms. The SMILES string of the molecule is Cc1ccc(CN2CCN(C(=O)Cn3cccnc3=O)[C@@H](C)C2=O)cc1. The van der Waals surface area contributed by atoms with Crippen LogP contribution in [0.3, 0.4) is 0 Å². The van der Waals surface area contributed by atoms with Gasteiger partial charge in [-0.3, -0.25) is 14.2 Å². The van der Waals surface area contributed by atoms with Crippen molar-refractivity contribution in [2.24, 2.45) is 0 Å². The van der Waals surface area contributed by atoms with E-state index in [2.05, 4.69) is 4.98 Å². The normalized spacial score (nSPS) is 17.5. The summed E-state index contributed by atoms with van der Waals surface area (Å²) in [5.74, 6) is -0.334. The summed E-state index contributed by atoms with van der Waals surface area (Å²) in [4.78, 5) is 43.8. The van der Waals surface area contributed by atoms with Gasteiger partial charge in [0.1, 0.15) is 12.6 Å². The third kappa shape index (κ3) is 3.82. The number of piperazine rings is 1. The number of amides is 2. The van der Waals surface area contributed by atoms with Crippen molar-refractivity contribution in [2.75, 3.05) is 13.1 Å². The molecule has 0 unspecified atom stereocenters. The van der Waals surface area contributed by atoms with E-state index in [0.717, 1.165) is 5.56 Å². The molecule has 136 valence electrons. The van der Waals surface area contributed by atoms with Crippen LogP contribution in [-0.2, 0) is 22.7 Å². The molecule has 1 atom stereocenters. The summed E-state index contributed by atoms with van der Waals surface area (Å²) in [6, 6.07) is 9.12. The lowest BCUT2D eigenvalue weighted by Gasteiger charge is -2.39. The van der Waals surface area contributed by atoms with Crippen molar-refractivity contribution in [3.63, 3.8) is 0 Å². The number of carbonyl (C=O) groups excluding carboxylic acids is 2. The van der Waals surface area contributed by atoms with Crippen LogP contribution in [0.4, 0.5) is 0 Å². The van der Waals surface area contributed by atoms with E-state index in [0.29, 0.717) is 19.6 Å². The summed E-state index contributed by atoms with van der Waals surface area (Å²) < 4.78 is 1.25. The van der Waals surface area contributed by atoms with Crippen LogP contribution in [0.5, 0.6) is 0 Å². The maximum Gasteiger partial charge on any atom is 0.347 e. The van der Waals surface area contributed by atoms with Gasteiger partial charge in [0.2, 0.25) is 11.8 Å². The first-order chi connectivity index (χ1) is 12.5. The minimum Gasteiger partial charge on any atom is -0.335 e. The molecular weight excluding hydrogens is 332 g/mol. The van der Waals surface area contributed by atoms with Gasteiger partial charge in [-0.05, 0) is 25.5 Å². The number of rotatable bonds is 4. The van der Waals surface area contributed by atoms with E-state index in [-0.39, 0.29) is 18.4 Å². The molecule has 7 heteroatoms. The highest BCUT2D eigenvalue weighted by atomic mass is 16.2. The van der Waals surface area contributed by atoms with Crippen LogP contribution in [0.25, 0.3) is 0 Å². The van der Waals surface area contributed by atoms with Crippen LogP contribution in [-0.4, -0.2) is 50.3 Å². The summed E-state index contributed by atoms with van der Waals surface area (Å²) in [5, 5.41) is 0. The van der Waals surface area contributed by atoms with Gasteiger partial charge in [-0.15, -0.1) is 0 Å². The summed E-state index contributed by atoms with van der Waals surface area (Å²) >= 11 is 0. The number of nitrogens with zero attached hydrogens (tertiary/aromatic N) is 4. The molecule has 3 rings (SSSR count). The zero-order chi connectivity index (χ0) is 18.7. The van der Waals surface area contributed by atoms with Crippen molar-refractivity contribution in [3.05, 3.63) is 64.3 Å². The van der Waals surface area contributed by atoms with Gasteiger partial charge < -0.3 is 9.80 Å². The molecule has 0 N–H and O–H groups in total. The summed E-state index contributed by atoms with van der Waals surface area (Å²) in [6.45, 7) is 5.11. The van der Waals surface area contributed by atoms with Crippen LogP contribution in [0, 0.1) is 6.92 Å². The van der Waals surface area contributed by atoms with Crippen molar-refractivity contribution in [1.82, 2.24) is 19.4 Å². The number of benzene rings is 1. The van der Waals surface area contributed by atoms with Gasteiger partial charge >= 0.3 is 5.69 Å². The molecule has 1 fully saturated rings. The summed E-state index contributed by atoms with van der Waals surface area (Å²) in [6.07, 6.45) is 2.91. The van der Waals surface area contributed by atoms with Gasteiger partial charge in [0.05, 0.1) is 0 Å². The molecule has 2 aromatic rings. The predicted octanol–water partition coefficient (Wildman–Crippen LogP) is 0.811. The number of hydrogen-bond acceptors (Lipinski definition) is 4. The van der Waals surface area contributed by atoms with E-state index in [1.807, 2.05) is 31.2 Å². The predicted molar refractivity (Wildman–Crippen MR) is 96.3 cm³/mol. The van der Waals surface area contributed by atoms with E-state index in [1.54, 1.807) is 17.9 Å². The summed E-state index contributed by atoms with van der Waals surface area (Å²) in [7, 11) is 0. The number of carbonyl (C=O) groups is 2. The van der Waals surface area contributed by atoms with Crippen molar-refractivity contribution < 1.29 is 9.59 Å².